The summed E-state index contributed by atoms with van der Waals surface area (Å²) in [6.07, 6.45) is 7.18. The molecule has 45 heavy (non-hydrogen) atoms. The lowest BCUT2D eigenvalue weighted by Gasteiger charge is -2.70. The van der Waals surface area contributed by atoms with Gasteiger partial charge in [0.1, 0.15) is 18.2 Å². The molecule has 4 saturated carbocycles. The molecule has 0 aromatic heterocycles. The van der Waals surface area contributed by atoms with Gasteiger partial charge in [-0.25, -0.2) is 4.79 Å². The van der Waals surface area contributed by atoms with Gasteiger partial charge >= 0.3 is 12.1 Å². The second-order valence-electron chi connectivity index (χ2n) is 18.8. The van der Waals surface area contributed by atoms with Gasteiger partial charge in [0.15, 0.2) is 0 Å². The van der Waals surface area contributed by atoms with E-state index in [4.69, 9.17) is 14.2 Å². The highest BCUT2D eigenvalue weighted by molar-refractivity contribution is 5.78. The predicted molar refractivity (Wildman–Crippen MR) is 173 cm³/mol. The first kappa shape index (κ1) is 34.9. The van der Waals surface area contributed by atoms with Crippen LogP contribution in [0.15, 0.2) is 0 Å². The molecular formula is C37H63NO7. The number of carbonyl (C=O) groups is 2. The van der Waals surface area contributed by atoms with Crippen molar-refractivity contribution in [2.75, 3.05) is 6.54 Å². The van der Waals surface area contributed by atoms with Gasteiger partial charge in [-0.05, 0) is 139 Å². The van der Waals surface area contributed by atoms with Crippen LogP contribution in [0.5, 0.6) is 0 Å². The number of aliphatic hydroxyl groups excluding tert-OH is 1. The number of hydrogen-bond acceptors (Lipinski definition) is 7. The molecule has 0 unspecified atom stereocenters. The van der Waals surface area contributed by atoms with Crippen LogP contribution in [0.1, 0.15) is 134 Å². The largest absolute Gasteiger partial charge is 0.460 e. The molecule has 5 aliphatic rings. The minimum Gasteiger partial charge on any atom is -0.460 e. The van der Waals surface area contributed by atoms with Gasteiger partial charge in [0, 0.05) is 5.41 Å². The highest BCUT2D eigenvalue weighted by Crippen LogP contribution is 2.76. The van der Waals surface area contributed by atoms with E-state index < -0.39 is 29.4 Å². The van der Waals surface area contributed by atoms with Crippen LogP contribution in [0.4, 0.5) is 4.79 Å². The SMILES string of the molecule is CC(C)(C)OC(=O)NCC(=O)O[C@H]1CC[C@]2(C)[C@H]3C[C@@H](O)[C@@H]4[C@@H]([C@]5(C)CC[C@H](C(C)(C)O)O5)CC[C@@]4(C)[C@]3(C)CC[C@H]2C1(C)C. The van der Waals surface area contributed by atoms with E-state index >= 15 is 0 Å². The Morgan fingerprint density at radius 2 is 1.51 bits per heavy atom. The first-order chi connectivity index (χ1) is 20.5. The quantitative estimate of drug-likeness (QED) is 0.286. The fourth-order valence-corrected chi connectivity index (χ4v) is 11.9. The van der Waals surface area contributed by atoms with E-state index in [0.717, 1.165) is 57.8 Å². The number of aliphatic hydroxyl groups is 2. The Balaban J connectivity index is 1.32. The maximum absolute atomic E-state index is 12.9. The van der Waals surface area contributed by atoms with Gasteiger partial charge in [-0.2, -0.15) is 0 Å². The summed E-state index contributed by atoms with van der Waals surface area (Å²) in [7, 11) is 0. The molecule has 0 aromatic rings. The van der Waals surface area contributed by atoms with Crippen molar-refractivity contribution in [2.24, 2.45) is 45.3 Å². The molecule has 258 valence electrons. The first-order valence-electron chi connectivity index (χ1n) is 17.7. The van der Waals surface area contributed by atoms with E-state index in [9.17, 15) is 19.8 Å². The maximum atomic E-state index is 12.9. The number of ether oxygens (including phenoxy) is 3. The van der Waals surface area contributed by atoms with Crippen molar-refractivity contribution >= 4 is 12.1 Å². The van der Waals surface area contributed by atoms with Crippen LogP contribution in [0, 0.1) is 45.3 Å². The summed E-state index contributed by atoms with van der Waals surface area (Å²) in [6.45, 7) is 23.1. The van der Waals surface area contributed by atoms with Crippen molar-refractivity contribution in [3.05, 3.63) is 0 Å². The van der Waals surface area contributed by atoms with Crippen LogP contribution in [0.25, 0.3) is 0 Å². The zero-order valence-electron chi connectivity index (χ0n) is 30.0. The molecule has 11 atom stereocenters. The van der Waals surface area contributed by atoms with Crippen LogP contribution in [-0.4, -0.2) is 63.9 Å². The van der Waals surface area contributed by atoms with Gasteiger partial charge in [-0.3, -0.25) is 4.79 Å². The molecule has 0 bridgehead atoms. The van der Waals surface area contributed by atoms with Gasteiger partial charge in [-0.1, -0.05) is 34.6 Å². The highest BCUT2D eigenvalue weighted by Gasteiger charge is 2.72. The van der Waals surface area contributed by atoms with Gasteiger partial charge in [0.05, 0.1) is 23.4 Å². The smallest absolute Gasteiger partial charge is 0.408 e. The lowest BCUT2D eigenvalue weighted by molar-refractivity contribution is -0.251. The molecule has 8 heteroatoms. The Labute approximate surface area is 272 Å². The van der Waals surface area contributed by atoms with E-state index in [2.05, 4.69) is 46.9 Å². The molecule has 0 radical (unpaired) electrons. The standard InChI is InChI=1S/C37H63NO7/c1-31(2,3)45-30(41)38-21-28(40)43-26-14-16-34(8)24(32(26,4)5)13-18-35(9)25(34)20-23(39)29-22(12-17-36(29,35)10)37(11)19-15-27(44-37)33(6,7)42/h22-27,29,39,42H,12-21H2,1-11H3,(H,38,41)/t22-,23+,24-,25+,26-,27+,29-,34-,35+,36+,37-/m0/s1. The number of carbonyl (C=O) groups excluding carboxylic acids is 2. The summed E-state index contributed by atoms with van der Waals surface area (Å²) in [6, 6.07) is 0. The third-order valence-electron chi connectivity index (χ3n) is 14.3. The summed E-state index contributed by atoms with van der Waals surface area (Å²) in [5.74, 6) is 0.727. The molecule has 1 heterocycles. The molecule has 1 amide bonds. The number of fused-ring (bicyclic) bond motifs is 5. The third-order valence-corrected chi connectivity index (χ3v) is 14.3. The number of nitrogens with one attached hydrogen (secondary N) is 1. The number of hydrogen-bond donors (Lipinski definition) is 3. The second kappa shape index (κ2) is 11.1. The van der Waals surface area contributed by atoms with E-state index in [0.29, 0.717) is 11.8 Å². The highest BCUT2D eigenvalue weighted by atomic mass is 16.6. The average Bonchev–Trinajstić information content (AvgIpc) is 3.48. The van der Waals surface area contributed by atoms with Gasteiger partial charge in [0.25, 0.3) is 0 Å². The zero-order valence-corrected chi connectivity index (χ0v) is 30.0. The number of esters is 1. The lowest BCUT2D eigenvalue weighted by Crippen LogP contribution is -2.66. The Bertz CT molecular complexity index is 1160. The Morgan fingerprint density at radius 3 is 2.11 bits per heavy atom. The summed E-state index contributed by atoms with van der Waals surface area (Å²) in [4.78, 5) is 25.0. The molecule has 1 aliphatic heterocycles. The van der Waals surface area contributed by atoms with Crippen LogP contribution in [0.2, 0.25) is 0 Å². The average molecular weight is 634 g/mol. The van der Waals surface area contributed by atoms with Gasteiger partial charge in [-0.15, -0.1) is 0 Å². The predicted octanol–water partition coefficient (Wildman–Crippen LogP) is 6.79. The fourth-order valence-electron chi connectivity index (χ4n) is 11.9. The number of rotatable bonds is 5. The minimum atomic E-state index is -0.872. The summed E-state index contributed by atoms with van der Waals surface area (Å²) in [5, 5.41) is 25.4. The van der Waals surface area contributed by atoms with Gasteiger partial charge < -0.3 is 29.7 Å². The molecule has 0 aromatic carbocycles. The molecule has 8 nitrogen and oxygen atoms in total. The van der Waals surface area contributed by atoms with Crippen molar-refractivity contribution in [1.29, 1.82) is 0 Å². The first-order valence-corrected chi connectivity index (χ1v) is 17.7. The molecule has 1 saturated heterocycles. The van der Waals surface area contributed by atoms with Crippen molar-refractivity contribution in [2.45, 2.75) is 169 Å². The Kier molecular flexibility index (Phi) is 8.60. The lowest BCUT2D eigenvalue weighted by atomic mass is 9.35. The van der Waals surface area contributed by atoms with E-state index in [-0.39, 0.29) is 57.8 Å². The van der Waals surface area contributed by atoms with Crippen molar-refractivity contribution < 1.29 is 34.0 Å². The summed E-state index contributed by atoms with van der Waals surface area (Å²) >= 11 is 0. The summed E-state index contributed by atoms with van der Waals surface area (Å²) in [5.41, 5.74) is -1.99. The van der Waals surface area contributed by atoms with E-state index in [1.807, 2.05) is 13.8 Å². The number of amides is 1. The molecular weight excluding hydrogens is 570 g/mol. The zero-order chi connectivity index (χ0) is 33.6. The normalized spacial score (nSPS) is 46.0. The second-order valence-corrected chi connectivity index (χ2v) is 18.8. The van der Waals surface area contributed by atoms with Crippen LogP contribution < -0.4 is 5.32 Å². The van der Waals surface area contributed by atoms with Crippen molar-refractivity contribution in [1.82, 2.24) is 5.32 Å². The van der Waals surface area contributed by atoms with Crippen LogP contribution in [-0.2, 0) is 19.0 Å². The fraction of sp³-hybridized carbons (Fsp3) is 0.946. The van der Waals surface area contributed by atoms with Crippen LogP contribution >= 0.6 is 0 Å². The topological polar surface area (TPSA) is 114 Å². The molecule has 5 rings (SSSR count). The van der Waals surface area contributed by atoms with Crippen LogP contribution in [0.3, 0.4) is 0 Å². The maximum Gasteiger partial charge on any atom is 0.408 e. The number of alkyl carbamates (subject to hydrolysis) is 1. The molecule has 4 aliphatic carbocycles. The van der Waals surface area contributed by atoms with Gasteiger partial charge in [0.2, 0.25) is 0 Å². The Hall–Kier alpha value is -1.38. The monoisotopic (exact) mass is 633 g/mol. The molecule has 5 fully saturated rings. The molecule has 0 spiro atoms. The minimum absolute atomic E-state index is 0.00599. The summed E-state index contributed by atoms with van der Waals surface area (Å²) < 4.78 is 18.1. The Morgan fingerprint density at radius 1 is 0.867 bits per heavy atom. The van der Waals surface area contributed by atoms with Crippen molar-refractivity contribution in [3.8, 4) is 0 Å². The third kappa shape index (κ3) is 5.75. The van der Waals surface area contributed by atoms with E-state index in [1.54, 1.807) is 20.8 Å². The van der Waals surface area contributed by atoms with E-state index in [1.165, 1.54) is 0 Å². The molecule has 3 N–H and O–H groups in total. The van der Waals surface area contributed by atoms with Crippen molar-refractivity contribution in [3.63, 3.8) is 0 Å².